The molecule has 0 spiro atoms. The lowest BCUT2D eigenvalue weighted by Gasteiger charge is -2.08. The fraction of sp³-hybridized carbons (Fsp3) is 0.0909. The highest BCUT2D eigenvalue weighted by Gasteiger charge is 2.43. The van der Waals surface area contributed by atoms with Gasteiger partial charge < -0.3 is 4.74 Å². The van der Waals surface area contributed by atoms with Gasteiger partial charge in [0.1, 0.15) is 0 Å². The molecule has 0 aromatic heterocycles. The van der Waals surface area contributed by atoms with Gasteiger partial charge in [0, 0.05) is 17.7 Å². The van der Waals surface area contributed by atoms with Gasteiger partial charge in [-0.05, 0) is 19.1 Å². The summed E-state index contributed by atoms with van der Waals surface area (Å²) < 4.78 is 8.04. The van der Waals surface area contributed by atoms with Crippen LogP contribution >= 0.6 is 0 Å². The zero-order valence-corrected chi connectivity index (χ0v) is 14.0. The van der Waals surface area contributed by atoms with Crippen molar-refractivity contribution in [1.29, 1.82) is 5.41 Å². The minimum atomic E-state index is -0.265. The molecule has 0 radical (unpaired) electrons. The SMILES string of the molecule is Cc1ccc([N+]2=C(c3ccccc3)OC(=N)C2c2ccccc2)cc1. The second kappa shape index (κ2) is 6.36. The third-order valence-electron chi connectivity index (χ3n) is 4.38. The van der Waals surface area contributed by atoms with Crippen LogP contribution in [0.1, 0.15) is 22.7 Å². The predicted octanol–water partition coefficient (Wildman–Crippen LogP) is 4.83. The van der Waals surface area contributed by atoms with Gasteiger partial charge in [-0.25, -0.2) is 0 Å². The lowest BCUT2D eigenvalue weighted by atomic mass is 10.1. The maximum Gasteiger partial charge on any atom is 0.383 e. The third kappa shape index (κ3) is 2.85. The molecule has 4 rings (SSSR count). The van der Waals surface area contributed by atoms with Crippen molar-refractivity contribution in [1.82, 2.24) is 0 Å². The van der Waals surface area contributed by atoms with Crippen LogP contribution in [0.3, 0.4) is 0 Å². The van der Waals surface area contributed by atoms with E-state index in [-0.39, 0.29) is 11.9 Å². The summed E-state index contributed by atoms with van der Waals surface area (Å²) >= 11 is 0. The second-order valence-electron chi connectivity index (χ2n) is 6.16. The zero-order valence-electron chi connectivity index (χ0n) is 14.0. The molecule has 3 aromatic rings. The Morgan fingerprint density at radius 3 is 2.04 bits per heavy atom. The first-order chi connectivity index (χ1) is 12.2. The van der Waals surface area contributed by atoms with Gasteiger partial charge in [0.2, 0.25) is 5.69 Å². The fourth-order valence-electron chi connectivity index (χ4n) is 3.13. The first kappa shape index (κ1) is 15.3. The maximum atomic E-state index is 8.46. The van der Waals surface area contributed by atoms with Crippen molar-refractivity contribution >= 4 is 17.5 Å². The first-order valence-electron chi connectivity index (χ1n) is 8.33. The second-order valence-corrected chi connectivity index (χ2v) is 6.16. The van der Waals surface area contributed by atoms with Crippen LogP contribution in [0.4, 0.5) is 5.69 Å². The molecular formula is C22H19N2O+. The van der Waals surface area contributed by atoms with Gasteiger partial charge in [0.15, 0.2) is 0 Å². The van der Waals surface area contributed by atoms with Crippen LogP contribution in [0.25, 0.3) is 0 Å². The van der Waals surface area contributed by atoms with Crippen molar-refractivity contribution in [3.63, 3.8) is 0 Å². The van der Waals surface area contributed by atoms with E-state index in [9.17, 15) is 0 Å². The Balaban J connectivity index is 1.93. The summed E-state index contributed by atoms with van der Waals surface area (Å²) in [5.74, 6) is 0.939. The van der Waals surface area contributed by atoms with Crippen LogP contribution in [0.2, 0.25) is 0 Å². The minimum absolute atomic E-state index is 0.241. The number of hydrogen-bond donors (Lipinski definition) is 1. The van der Waals surface area contributed by atoms with Crippen molar-refractivity contribution in [2.24, 2.45) is 0 Å². The molecule has 1 atom stereocenters. The average Bonchev–Trinajstić information content (AvgIpc) is 3.01. The minimum Gasteiger partial charge on any atom is -0.382 e. The van der Waals surface area contributed by atoms with Crippen molar-refractivity contribution in [3.05, 3.63) is 102 Å². The van der Waals surface area contributed by atoms with E-state index in [0.29, 0.717) is 5.90 Å². The van der Waals surface area contributed by atoms with Crippen LogP contribution in [0.5, 0.6) is 0 Å². The first-order valence-corrected chi connectivity index (χ1v) is 8.33. The molecular weight excluding hydrogens is 308 g/mol. The lowest BCUT2D eigenvalue weighted by Crippen LogP contribution is -2.17. The van der Waals surface area contributed by atoms with E-state index in [1.165, 1.54) is 5.56 Å². The van der Waals surface area contributed by atoms with E-state index < -0.39 is 0 Å². The quantitative estimate of drug-likeness (QED) is 0.687. The molecule has 0 amide bonds. The van der Waals surface area contributed by atoms with Crippen molar-refractivity contribution in [2.45, 2.75) is 13.0 Å². The number of rotatable bonds is 3. The van der Waals surface area contributed by atoms with E-state index in [2.05, 4.69) is 35.8 Å². The molecule has 122 valence electrons. The van der Waals surface area contributed by atoms with Gasteiger partial charge in [-0.2, -0.15) is 0 Å². The Bertz CT molecular complexity index is 929. The van der Waals surface area contributed by atoms with Gasteiger partial charge >= 0.3 is 5.90 Å². The molecule has 1 heterocycles. The standard InChI is InChI=1S/C22H19N2O/c1-16-12-14-19(15-13-16)24-20(17-8-4-2-5-9-17)21(23)25-22(24)18-10-6-3-7-11-18/h2-15,20,23H,1H3/q+1. The predicted molar refractivity (Wildman–Crippen MR) is 99.6 cm³/mol. The molecule has 0 bridgehead atoms. The monoisotopic (exact) mass is 327 g/mol. The molecule has 0 saturated heterocycles. The summed E-state index contributed by atoms with van der Waals surface area (Å²) in [6, 6.07) is 28.1. The van der Waals surface area contributed by atoms with Crippen LogP contribution in [-0.2, 0) is 4.74 Å². The van der Waals surface area contributed by atoms with Crippen LogP contribution in [-0.4, -0.2) is 16.4 Å². The molecule has 1 unspecified atom stereocenters. The summed E-state index contributed by atoms with van der Waals surface area (Å²) in [4.78, 5) is 0. The highest BCUT2D eigenvalue weighted by atomic mass is 16.5. The lowest BCUT2D eigenvalue weighted by molar-refractivity contribution is -0.466. The number of nitrogens with one attached hydrogen (secondary N) is 1. The number of hydrogen-bond acceptors (Lipinski definition) is 2. The van der Waals surface area contributed by atoms with Gasteiger partial charge in [-0.1, -0.05) is 66.2 Å². The zero-order chi connectivity index (χ0) is 17.2. The van der Waals surface area contributed by atoms with Crippen LogP contribution in [0, 0.1) is 12.3 Å². The Morgan fingerprint density at radius 2 is 1.40 bits per heavy atom. The summed E-state index contributed by atoms with van der Waals surface area (Å²) in [7, 11) is 0. The van der Waals surface area contributed by atoms with Crippen molar-refractivity contribution < 1.29 is 9.31 Å². The van der Waals surface area contributed by atoms with Crippen LogP contribution < -0.4 is 0 Å². The summed E-state index contributed by atoms with van der Waals surface area (Å²) in [5.41, 5.74) is 4.22. The average molecular weight is 327 g/mol. The summed E-state index contributed by atoms with van der Waals surface area (Å²) in [5, 5.41) is 8.46. The Labute approximate surface area is 147 Å². The third-order valence-corrected chi connectivity index (χ3v) is 4.38. The molecule has 3 heteroatoms. The van der Waals surface area contributed by atoms with Gasteiger partial charge in [0.05, 0.1) is 5.56 Å². The van der Waals surface area contributed by atoms with Gasteiger partial charge in [0.25, 0.3) is 11.9 Å². The van der Waals surface area contributed by atoms with Crippen molar-refractivity contribution in [3.8, 4) is 0 Å². The fourth-order valence-corrected chi connectivity index (χ4v) is 3.13. The molecule has 25 heavy (non-hydrogen) atoms. The van der Waals surface area contributed by atoms with Gasteiger partial charge in [-0.3, -0.25) is 5.41 Å². The molecule has 0 fully saturated rings. The number of ether oxygens (including phenoxy) is 1. The van der Waals surface area contributed by atoms with E-state index >= 15 is 0 Å². The largest absolute Gasteiger partial charge is 0.383 e. The highest BCUT2D eigenvalue weighted by molar-refractivity contribution is 6.03. The Hall–Kier alpha value is -3.20. The van der Waals surface area contributed by atoms with E-state index in [1.54, 1.807) is 0 Å². The summed E-state index contributed by atoms with van der Waals surface area (Å²) in [6.45, 7) is 2.07. The maximum absolute atomic E-state index is 8.46. The Kier molecular flexibility index (Phi) is 3.90. The molecule has 0 aliphatic carbocycles. The topological polar surface area (TPSA) is 36.1 Å². The van der Waals surface area contributed by atoms with Gasteiger partial charge in [-0.15, -0.1) is 4.58 Å². The van der Waals surface area contributed by atoms with E-state index in [0.717, 1.165) is 16.8 Å². The molecule has 3 nitrogen and oxygen atoms in total. The molecule has 0 saturated carbocycles. The number of benzene rings is 3. The smallest absolute Gasteiger partial charge is 0.382 e. The molecule has 3 aromatic carbocycles. The number of nitrogens with zero attached hydrogens (tertiary/aromatic N) is 1. The van der Waals surface area contributed by atoms with E-state index in [1.807, 2.05) is 60.7 Å². The molecule has 1 N–H and O–H groups in total. The normalized spacial score (nSPS) is 16.8. The molecule has 1 aliphatic heterocycles. The summed E-state index contributed by atoms with van der Waals surface area (Å²) in [6.07, 6.45) is 0. The van der Waals surface area contributed by atoms with E-state index in [4.69, 9.17) is 10.1 Å². The number of aryl methyl sites for hydroxylation is 1. The van der Waals surface area contributed by atoms with Crippen LogP contribution in [0.15, 0.2) is 84.9 Å². The molecule has 1 aliphatic rings. The van der Waals surface area contributed by atoms with Crippen molar-refractivity contribution in [2.75, 3.05) is 0 Å². The highest BCUT2D eigenvalue weighted by Crippen LogP contribution is 2.32. The Morgan fingerprint density at radius 1 is 0.800 bits per heavy atom.